The molecule has 3 heterocycles. The van der Waals surface area contributed by atoms with Crippen LogP contribution in [-0.4, -0.2) is 25.6 Å². The Morgan fingerprint density at radius 3 is 2.50 bits per heavy atom. The number of pyridine rings is 1. The number of hydrogen-bond donors (Lipinski definition) is 1. The van der Waals surface area contributed by atoms with Crippen LogP contribution in [0.15, 0.2) is 67.0 Å². The molecular formula is C25H28N4S. The molecule has 1 aromatic carbocycles. The van der Waals surface area contributed by atoms with E-state index < -0.39 is 0 Å². The van der Waals surface area contributed by atoms with E-state index in [-0.39, 0.29) is 12.1 Å². The lowest BCUT2D eigenvalue weighted by Crippen LogP contribution is -2.40. The molecule has 0 unspecified atom stereocenters. The topological polar surface area (TPSA) is 33.1 Å². The molecule has 2 aliphatic rings. The monoisotopic (exact) mass is 416 g/mol. The minimum absolute atomic E-state index is 0.0414. The quantitative estimate of drug-likeness (QED) is 0.571. The van der Waals surface area contributed by atoms with Crippen molar-refractivity contribution in [2.45, 2.75) is 57.2 Å². The Morgan fingerprint density at radius 2 is 1.77 bits per heavy atom. The fourth-order valence-electron chi connectivity index (χ4n) is 5.01. The van der Waals surface area contributed by atoms with Crippen molar-refractivity contribution >= 4 is 17.3 Å². The second-order valence-electron chi connectivity index (χ2n) is 8.46. The van der Waals surface area contributed by atoms with Crippen molar-refractivity contribution in [3.05, 3.63) is 83.9 Å². The van der Waals surface area contributed by atoms with Gasteiger partial charge in [-0.1, -0.05) is 43.0 Å². The zero-order valence-corrected chi connectivity index (χ0v) is 18.2. The van der Waals surface area contributed by atoms with Crippen LogP contribution in [0.25, 0.3) is 5.69 Å². The second kappa shape index (κ2) is 8.23. The van der Waals surface area contributed by atoms with E-state index in [0.717, 1.165) is 10.8 Å². The highest BCUT2D eigenvalue weighted by Crippen LogP contribution is 2.43. The fourth-order valence-corrected chi connectivity index (χ4v) is 5.40. The van der Waals surface area contributed by atoms with Gasteiger partial charge in [-0.25, -0.2) is 0 Å². The van der Waals surface area contributed by atoms with E-state index >= 15 is 0 Å². The van der Waals surface area contributed by atoms with Gasteiger partial charge in [0, 0.05) is 29.8 Å². The van der Waals surface area contributed by atoms with Crippen molar-refractivity contribution in [1.82, 2.24) is 19.8 Å². The molecule has 1 aliphatic heterocycles. The van der Waals surface area contributed by atoms with Gasteiger partial charge in [0.05, 0.1) is 17.8 Å². The van der Waals surface area contributed by atoms with Crippen molar-refractivity contribution in [1.29, 1.82) is 0 Å². The third-order valence-corrected chi connectivity index (χ3v) is 6.83. The Bertz CT molecular complexity index is 1010. The van der Waals surface area contributed by atoms with Crippen LogP contribution in [0.5, 0.6) is 0 Å². The van der Waals surface area contributed by atoms with Crippen LogP contribution in [0, 0.1) is 6.92 Å². The molecule has 2 atom stereocenters. The Balaban J connectivity index is 1.60. The third-order valence-electron chi connectivity index (χ3n) is 6.50. The van der Waals surface area contributed by atoms with E-state index in [1.54, 1.807) is 0 Å². The molecule has 0 amide bonds. The zero-order valence-electron chi connectivity index (χ0n) is 17.4. The molecule has 5 heteroatoms. The van der Waals surface area contributed by atoms with Crippen molar-refractivity contribution < 1.29 is 0 Å². The molecular weight excluding hydrogens is 388 g/mol. The van der Waals surface area contributed by atoms with E-state index in [1.165, 1.54) is 49.0 Å². The highest BCUT2D eigenvalue weighted by atomic mass is 32.1. The molecule has 5 rings (SSSR count). The molecule has 1 saturated heterocycles. The molecule has 2 fully saturated rings. The predicted octanol–water partition coefficient (Wildman–Crippen LogP) is 5.49. The molecule has 3 aromatic rings. The molecule has 4 nitrogen and oxygen atoms in total. The van der Waals surface area contributed by atoms with E-state index in [2.05, 4.69) is 76.4 Å². The molecule has 0 spiro atoms. The summed E-state index contributed by atoms with van der Waals surface area (Å²) in [6, 6.07) is 19.9. The molecule has 0 bridgehead atoms. The van der Waals surface area contributed by atoms with E-state index in [9.17, 15) is 0 Å². The van der Waals surface area contributed by atoms with Gasteiger partial charge in [0.15, 0.2) is 5.11 Å². The van der Waals surface area contributed by atoms with Gasteiger partial charge in [-0.15, -0.1) is 0 Å². The van der Waals surface area contributed by atoms with Crippen molar-refractivity contribution in [2.24, 2.45) is 0 Å². The normalized spacial score (nSPS) is 22.3. The SMILES string of the molecule is Cc1ccc(-n2cccc2[C@H]2[C@@H](c3ccccn3)NC(=S)N2C2CCCCC2)cc1. The summed E-state index contributed by atoms with van der Waals surface area (Å²) >= 11 is 5.90. The lowest BCUT2D eigenvalue weighted by atomic mass is 9.92. The first-order valence-corrected chi connectivity index (χ1v) is 11.4. The van der Waals surface area contributed by atoms with E-state index in [0.29, 0.717) is 6.04 Å². The Labute approximate surface area is 183 Å². The van der Waals surface area contributed by atoms with E-state index in [1.807, 2.05) is 12.3 Å². The minimum atomic E-state index is 0.0414. The second-order valence-corrected chi connectivity index (χ2v) is 8.85. The Morgan fingerprint density at radius 1 is 0.967 bits per heavy atom. The summed E-state index contributed by atoms with van der Waals surface area (Å²) < 4.78 is 2.31. The van der Waals surface area contributed by atoms with Crippen molar-refractivity contribution in [3.8, 4) is 5.69 Å². The van der Waals surface area contributed by atoms with Crippen molar-refractivity contribution in [2.75, 3.05) is 0 Å². The maximum absolute atomic E-state index is 5.90. The number of thiocarbonyl (C=S) groups is 1. The van der Waals surface area contributed by atoms with Gasteiger partial charge >= 0.3 is 0 Å². The van der Waals surface area contributed by atoms with Crippen LogP contribution >= 0.6 is 12.2 Å². The van der Waals surface area contributed by atoms with Gasteiger partial charge in [-0.3, -0.25) is 4.98 Å². The highest BCUT2D eigenvalue weighted by Gasteiger charge is 2.44. The molecule has 154 valence electrons. The van der Waals surface area contributed by atoms with Crippen LogP contribution in [-0.2, 0) is 0 Å². The van der Waals surface area contributed by atoms with Gasteiger partial charge in [0.25, 0.3) is 0 Å². The zero-order chi connectivity index (χ0) is 20.5. The van der Waals surface area contributed by atoms with Gasteiger partial charge in [-0.05, 0) is 68.4 Å². The number of rotatable bonds is 4. The van der Waals surface area contributed by atoms with Gasteiger partial charge < -0.3 is 14.8 Å². The first kappa shape index (κ1) is 19.3. The van der Waals surface area contributed by atoms with Gasteiger partial charge in [0.2, 0.25) is 0 Å². The van der Waals surface area contributed by atoms with Gasteiger partial charge in [0.1, 0.15) is 0 Å². The number of aromatic nitrogens is 2. The number of aryl methyl sites for hydroxylation is 1. The predicted molar refractivity (Wildman–Crippen MR) is 125 cm³/mol. The smallest absolute Gasteiger partial charge is 0.170 e. The highest BCUT2D eigenvalue weighted by molar-refractivity contribution is 7.80. The maximum atomic E-state index is 5.90. The molecule has 2 aromatic heterocycles. The number of nitrogens with one attached hydrogen (secondary N) is 1. The van der Waals surface area contributed by atoms with Crippen LogP contribution in [0.1, 0.15) is 61.1 Å². The largest absolute Gasteiger partial charge is 0.352 e. The molecule has 1 N–H and O–H groups in total. The fraction of sp³-hybridized carbons (Fsp3) is 0.360. The summed E-state index contributed by atoms with van der Waals surface area (Å²) in [5.41, 5.74) is 4.75. The Kier molecular flexibility index (Phi) is 5.30. The first-order valence-electron chi connectivity index (χ1n) is 11.0. The average molecular weight is 417 g/mol. The van der Waals surface area contributed by atoms with Crippen LogP contribution < -0.4 is 5.32 Å². The minimum Gasteiger partial charge on any atom is -0.352 e. The van der Waals surface area contributed by atoms with Gasteiger partial charge in [-0.2, -0.15) is 0 Å². The number of hydrogen-bond acceptors (Lipinski definition) is 2. The molecule has 1 aliphatic carbocycles. The summed E-state index contributed by atoms with van der Waals surface area (Å²) in [4.78, 5) is 7.17. The standard InChI is InChI=1S/C25H28N4S/c1-18-12-14-19(15-13-18)28-17-7-11-22(28)24-23(21-10-5-6-16-26-21)27-25(30)29(24)20-8-3-2-4-9-20/h5-7,10-17,20,23-24H,2-4,8-9H2,1H3,(H,27,30)/t23-,24+/m1/s1. The molecule has 1 saturated carbocycles. The Hall–Kier alpha value is -2.66. The molecule has 30 heavy (non-hydrogen) atoms. The summed E-state index contributed by atoms with van der Waals surface area (Å²) in [7, 11) is 0. The van der Waals surface area contributed by atoms with Crippen molar-refractivity contribution in [3.63, 3.8) is 0 Å². The molecule has 0 radical (unpaired) electrons. The summed E-state index contributed by atoms with van der Waals surface area (Å²) in [6.07, 6.45) is 10.3. The summed E-state index contributed by atoms with van der Waals surface area (Å²) in [5, 5.41) is 4.49. The lowest BCUT2D eigenvalue weighted by Gasteiger charge is -2.37. The van der Waals surface area contributed by atoms with Crippen LogP contribution in [0.3, 0.4) is 0 Å². The van der Waals surface area contributed by atoms with Crippen LogP contribution in [0.2, 0.25) is 0 Å². The summed E-state index contributed by atoms with van der Waals surface area (Å²) in [6.45, 7) is 2.13. The maximum Gasteiger partial charge on any atom is 0.170 e. The third kappa shape index (κ3) is 3.52. The average Bonchev–Trinajstić information content (AvgIpc) is 3.40. The first-order chi connectivity index (χ1) is 14.7. The lowest BCUT2D eigenvalue weighted by molar-refractivity contribution is 0.193. The number of benzene rings is 1. The summed E-state index contributed by atoms with van der Waals surface area (Å²) in [5.74, 6) is 0. The van der Waals surface area contributed by atoms with E-state index in [4.69, 9.17) is 17.2 Å². The number of nitrogens with zero attached hydrogens (tertiary/aromatic N) is 3. The van der Waals surface area contributed by atoms with Crippen LogP contribution in [0.4, 0.5) is 0 Å².